The summed E-state index contributed by atoms with van der Waals surface area (Å²) in [5, 5.41) is 12.8. The second kappa shape index (κ2) is 6.06. The van der Waals surface area contributed by atoms with E-state index in [4.69, 9.17) is 4.74 Å². The summed E-state index contributed by atoms with van der Waals surface area (Å²) in [4.78, 5) is 11.6. The number of benzene rings is 1. The van der Waals surface area contributed by atoms with Crippen molar-refractivity contribution in [1.82, 2.24) is 5.32 Å². The lowest BCUT2D eigenvalue weighted by Crippen LogP contribution is -2.44. The monoisotopic (exact) mass is 263 g/mol. The van der Waals surface area contributed by atoms with Crippen molar-refractivity contribution in [2.75, 3.05) is 0 Å². The minimum Gasteiger partial charge on any atom is -0.445 e. The maximum Gasteiger partial charge on any atom is 0.407 e. The van der Waals surface area contributed by atoms with Gasteiger partial charge in [0.15, 0.2) is 0 Å². The molecule has 104 valence electrons. The zero-order valence-corrected chi connectivity index (χ0v) is 11.3. The number of carbonyl (C=O) groups excluding carboxylic acids is 1. The summed E-state index contributed by atoms with van der Waals surface area (Å²) in [5.74, 6) is 0. The molecule has 19 heavy (non-hydrogen) atoms. The Morgan fingerprint density at radius 1 is 1.42 bits per heavy atom. The van der Waals surface area contributed by atoms with E-state index in [0.29, 0.717) is 6.42 Å². The third-order valence-electron chi connectivity index (χ3n) is 3.55. The molecule has 0 saturated heterocycles. The third-order valence-corrected chi connectivity index (χ3v) is 3.55. The van der Waals surface area contributed by atoms with Crippen LogP contribution in [0.4, 0.5) is 4.79 Å². The first kappa shape index (κ1) is 13.9. The molecule has 0 aromatic heterocycles. The molecule has 0 aliphatic heterocycles. The second-order valence-corrected chi connectivity index (χ2v) is 5.39. The number of rotatable bonds is 5. The van der Waals surface area contributed by atoms with Gasteiger partial charge in [-0.15, -0.1) is 0 Å². The van der Waals surface area contributed by atoms with Crippen LogP contribution in [0, 0.1) is 0 Å². The Balaban J connectivity index is 1.69. The van der Waals surface area contributed by atoms with Gasteiger partial charge in [-0.2, -0.15) is 0 Å². The molecule has 0 heterocycles. The number of carbonyl (C=O) groups is 1. The summed E-state index contributed by atoms with van der Waals surface area (Å²) in [5.41, 5.74) is 0.384. The molecule has 1 fully saturated rings. The van der Waals surface area contributed by atoms with E-state index in [0.717, 1.165) is 24.8 Å². The van der Waals surface area contributed by atoms with E-state index in [2.05, 4.69) is 5.32 Å². The first-order valence-corrected chi connectivity index (χ1v) is 6.77. The number of amides is 1. The van der Waals surface area contributed by atoms with Crippen molar-refractivity contribution >= 4 is 6.09 Å². The summed E-state index contributed by atoms with van der Waals surface area (Å²) >= 11 is 0. The Morgan fingerprint density at radius 2 is 2.11 bits per heavy atom. The molecule has 1 aliphatic rings. The molecule has 1 atom stereocenters. The molecular formula is C15H21NO3. The highest BCUT2D eigenvalue weighted by molar-refractivity contribution is 5.67. The summed E-state index contributed by atoms with van der Waals surface area (Å²) in [6.07, 6.45) is 2.89. The molecule has 0 spiro atoms. The molecule has 1 aliphatic carbocycles. The van der Waals surface area contributed by atoms with Gasteiger partial charge in [0.1, 0.15) is 6.61 Å². The van der Waals surface area contributed by atoms with Crippen LogP contribution in [0.2, 0.25) is 0 Å². The van der Waals surface area contributed by atoms with Crippen LogP contribution in [0.25, 0.3) is 0 Å². The van der Waals surface area contributed by atoms with Gasteiger partial charge in [-0.05, 0) is 38.2 Å². The first-order chi connectivity index (χ1) is 9.07. The van der Waals surface area contributed by atoms with Gasteiger partial charge < -0.3 is 15.2 Å². The highest BCUT2D eigenvalue weighted by Gasteiger charge is 2.35. The van der Waals surface area contributed by atoms with Crippen LogP contribution < -0.4 is 5.32 Å². The van der Waals surface area contributed by atoms with Crippen LogP contribution in [0.5, 0.6) is 0 Å². The molecule has 2 rings (SSSR count). The molecule has 1 aromatic rings. The predicted molar refractivity (Wildman–Crippen MR) is 72.6 cm³/mol. The fraction of sp³-hybridized carbons (Fsp3) is 0.533. The molecule has 0 radical (unpaired) electrons. The van der Waals surface area contributed by atoms with Gasteiger partial charge in [0.2, 0.25) is 0 Å². The molecule has 1 aromatic carbocycles. The minimum atomic E-state index is -0.577. The van der Waals surface area contributed by atoms with Crippen molar-refractivity contribution in [2.45, 2.75) is 50.9 Å². The molecule has 1 unspecified atom stereocenters. The van der Waals surface area contributed by atoms with Crippen molar-refractivity contribution in [3.8, 4) is 0 Å². The standard InChI is InChI=1S/C15H21NO3/c1-12(10-15(18)8-5-9-15)16-14(17)19-11-13-6-3-2-4-7-13/h2-4,6-7,12,18H,5,8-11H2,1H3,(H,16,17). The van der Waals surface area contributed by atoms with Crippen LogP contribution in [0.1, 0.15) is 38.2 Å². The maximum absolute atomic E-state index is 11.6. The van der Waals surface area contributed by atoms with Crippen molar-refractivity contribution < 1.29 is 14.6 Å². The Hall–Kier alpha value is -1.55. The van der Waals surface area contributed by atoms with Gasteiger partial charge in [0.25, 0.3) is 0 Å². The van der Waals surface area contributed by atoms with Crippen molar-refractivity contribution in [1.29, 1.82) is 0 Å². The molecule has 4 heteroatoms. The third kappa shape index (κ3) is 4.24. The zero-order valence-electron chi connectivity index (χ0n) is 11.3. The van der Waals surface area contributed by atoms with Gasteiger partial charge in [0.05, 0.1) is 5.60 Å². The van der Waals surface area contributed by atoms with Gasteiger partial charge >= 0.3 is 6.09 Å². The van der Waals surface area contributed by atoms with Gasteiger partial charge in [-0.3, -0.25) is 0 Å². The van der Waals surface area contributed by atoms with Gasteiger partial charge in [-0.25, -0.2) is 4.79 Å². The minimum absolute atomic E-state index is 0.0754. The normalized spacial score (nSPS) is 18.2. The number of nitrogens with one attached hydrogen (secondary N) is 1. The lowest BCUT2D eigenvalue weighted by atomic mass is 9.76. The number of ether oxygens (including phenoxy) is 1. The van der Waals surface area contributed by atoms with Crippen molar-refractivity contribution in [3.63, 3.8) is 0 Å². The molecular weight excluding hydrogens is 242 g/mol. The van der Waals surface area contributed by atoms with E-state index in [1.165, 1.54) is 0 Å². The van der Waals surface area contributed by atoms with Crippen LogP contribution in [0.15, 0.2) is 30.3 Å². The predicted octanol–water partition coefficient (Wildman–Crippen LogP) is 2.61. The van der Waals surface area contributed by atoms with E-state index < -0.39 is 11.7 Å². The lowest BCUT2D eigenvalue weighted by molar-refractivity contribution is -0.0460. The molecule has 1 saturated carbocycles. The van der Waals surface area contributed by atoms with E-state index in [1.807, 2.05) is 37.3 Å². The van der Waals surface area contributed by atoms with Crippen molar-refractivity contribution in [2.24, 2.45) is 0 Å². The quantitative estimate of drug-likeness (QED) is 0.858. The van der Waals surface area contributed by atoms with Gasteiger partial charge in [0, 0.05) is 6.04 Å². The second-order valence-electron chi connectivity index (χ2n) is 5.39. The van der Waals surface area contributed by atoms with Crippen LogP contribution in [0.3, 0.4) is 0 Å². The Bertz CT molecular complexity index is 415. The van der Waals surface area contributed by atoms with Crippen LogP contribution >= 0.6 is 0 Å². The zero-order chi connectivity index (χ0) is 13.7. The van der Waals surface area contributed by atoms with Gasteiger partial charge in [-0.1, -0.05) is 30.3 Å². The van der Waals surface area contributed by atoms with E-state index in [-0.39, 0.29) is 12.6 Å². The van der Waals surface area contributed by atoms with E-state index >= 15 is 0 Å². The summed E-state index contributed by atoms with van der Waals surface area (Å²) in [6.45, 7) is 2.16. The molecule has 0 bridgehead atoms. The topological polar surface area (TPSA) is 58.6 Å². The number of aliphatic hydroxyl groups is 1. The van der Waals surface area contributed by atoms with E-state index in [9.17, 15) is 9.90 Å². The summed E-state index contributed by atoms with van der Waals surface area (Å²) in [6, 6.07) is 9.48. The Kier molecular flexibility index (Phi) is 4.43. The molecule has 2 N–H and O–H groups in total. The lowest BCUT2D eigenvalue weighted by Gasteiger charge is -2.38. The van der Waals surface area contributed by atoms with Crippen molar-refractivity contribution in [3.05, 3.63) is 35.9 Å². The average Bonchev–Trinajstić information content (AvgIpc) is 2.35. The van der Waals surface area contributed by atoms with Crippen LogP contribution in [-0.4, -0.2) is 22.8 Å². The SMILES string of the molecule is CC(CC1(O)CCC1)NC(=O)OCc1ccccc1. The average molecular weight is 263 g/mol. The largest absolute Gasteiger partial charge is 0.445 e. The smallest absolute Gasteiger partial charge is 0.407 e. The summed E-state index contributed by atoms with van der Waals surface area (Å²) in [7, 11) is 0. The number of hydrogen-bond acceptors (Lipinski definition) is 3. The highest BCUT2D eigenvalue weighted by atomic mass is 16.5. The maximum atomic E-state index is 11.6. The Labute approximate surface area is 113 Å². The van der Waals surface area contributed by atoms with E-state index in [1.54, 1.807) is 0 Å². The highest BCUT2D eigenvalue weighted by Crippen LogP contribution is 2.35. The summed E-state index contributed by atoms with van der Waals surface area (Å²) < 4.78 is 5.13. The molecule has 4 nitrogen and oxygen atoms in total. The van der Waals surface area contributed by atoms with Crippen LogP contribution in [-0.2, 0) is 11.3 Å². The fourth-order valence-electron chi connectivity index (χ4n) is 2.38. The fourth-order valence-corrected chi connectivity index (χ4v) is 2.38. The Morgan fingerprint density at radius 3 is 2.68 bits per heavy atom. The molecule has 1 amide bonds. The number of hydrogen-bond donors (Lipinski definition) is 2. The first-order valence-electron chi connectivity index (χ1n) is 6.77. The number of alkyl carbamates (subject to hydrolysis) is 1.